The predicted octanol–water partition coefficient (Wildman–Crippen LogP) is 3.29. The number of carbonyl (C=O) groups excluding carboxylic acids is 1. The summed E-state index contributed by atoms with van der Waals surface area (Å²) in [5, 5.41) is 10.00. The zero-order valence-corrected chi connectivity index (χ0v) is 14.1. The molecule has 2 aromatic rings. The van der Waals surface area contributed by atoms with Crippen LogP contribution in [0.4, 0.5) is 9.18 Å². The van der Waals surface area contributed by atoms with Crippen LogP contribution in [0.3, 0.4) is 0 Å². The Kier molecular flexibility index (Phi) is 6.19. The number of primary amides is 1. The van der Waals surface area contributed by atoms with Crippen molar-refractivity contribution in [2.24, 2.45) is 5.73 Å². The molecule has 0 heterocycles. The van der Waals surface area contributed by atoms with E-state index in [1.54, 1.807) is 43.3 Å². The summed E-state index contributed by atoms with van der Waals surface area (Å²) < 4.78 is 24.1. The van der Waals surface area contributed by atoms with E-state index < -0.39 is 17.9 Å². The SMILES string of the molecule is COc1ccc(CCOc2ccc(C(C)N(O)C(N)=O)cc2)cc1F. The molecule has 0 fully saturated rings. The molecule has 0 saturated carbocycles. The molecular formula is C18H21FN2O4. The molecule has 1 atom stereocenters. The monoisotopic (exact) mass is 348 g/mol. The van der Waals surface area contributed by atoms with Gasteiger partial charge in [-0.2, -0.15) is 5.06 Å². The van der Waals surface area contributed by atoms with Crippen LogP contribution in [0.1, 0.15) is 24.1 Å². The first-order valence-electron chi connectivity index (χ1n) is 7.75. The first kappa shape index (κ1) is 18.5. The van der Waals surface area contributed by atoms with Gasteiger partial charge in [-0.15, -0.1) is 0 Å². The topological polar surface area (TPSA) is 85.0 Å². The Morgan fingerprint density at radius 3 is 2.52 bits per heavy atom. The Balaban J connectivity index is 1.89. The molecule has 0 radical (unpaired) electrons. The maximum atomic E-state index is 13.6. The quantitative estimate of drug-likeness (QED) is 0.594. The van der Waals surface area contributed by atoms with E-state index in [1.165, 1.54) is 13.2 Å². The standard InChI is InChI=1S/C18H21FN2O4/c1-12(21(23)18(20)22)14-4-6-15(7-5-14)25-10-9-13-3-8-17(24-2)16(19)11-13/h3-8,11-12,23H,9-10H2,1-2H3,(H2,20,22). The number of ether oxygens (including phenoxy) is 2. The minimum Gasteiger partial charge on any atom is -0.494 e. The van der Waals surface area contributed by atoms with Crippen LogP contribution in [0.15, 0.2) is 42.5 Å². The van der Waals surface area contributed by atoms with Gasteiger partial charge in [-0.3, -0.25) is 5.21 Å². The normalized spacial score (nSPS) is 11.7. The van der Waals surface area contributed by atoms with Crippen molar-refractivity contribution < 1.29 is 23.9 Å². The summed E-state index contributed by atoms with van der Waals surface area (Å²) in [7, 11) is 1.42. The van der Waals surface area contributed by atoms with Gasteiger partial charge in [0, 0.05) is 6.42 Å². The lowest BCUT2D eigenvalue weighted by Gasteiger charge is -2.20. The van der Waals surface area contributed by atoms with E-state index >= 15 is 0 Å². The number of hydroxylamine groups is 2. The average molecular weight is 348 g/mol. The fourth-order valence-corrected chi connectivity index (χ4v) is 2.33. The van der Waals surface area contributed by atoms with Crippen LogP contribution < -0.4 is 15.2 Å². The number of rotatable bonds is 7. The van der Waals surface area contributed by atoms with E-state index in [-0.39, 0.29) is 5.75 Å². The second-order valence-corrected chi connectivity index (χ2v) is 5.50. The highest BCUT2D eigenvalue weighted by atomic mass is 19.1. The highest BCUT2D eigenvalue weighted by Crippen LogP contribution is 2.22. The Hall–Kier alpha value is -2.80. The summed E-state index contributed by atoms with van der Waals surface area (Å²) >= 11 is 0. The zero-order chi connectivity index (χ0) is 18.4. The van der Waals surface area contributed by atoms with Gasteiger partial charge in [0.05, 0.1) is 19.8 Å². The van der Waals surface area contributed by atoms with Crippen LogP contribution in [0.2, 0.25) is 0 Å². The molecule has 3 N–H and O–H groups in total. The molecule has 0 saturated heterocycles. The number of amides is 2. The first-order chi connectivity index (χ1) is 11.9. The summed E-state index contributed by atoms with van der Waals surface area (Å²) in [4.78, 5) is 11.0. The molecular weight excluding hydrogens is 327 g/mol. The minimum absolute atomic E-state index is 0.211. The number of nitrogens with zero attached hydrogens (tertiary/aromatic N) is 1. The Morgan fingerprint density at radius 2 is 1.96 bits per heavy atom. The van der Waals surface area contributed by atoms with Gasteiger partial charge in [0.1, 0.15) is 5.75 Å². The molecule has 0 aliphatic carbocycles. The van der Waals surface area contributed by atoms with Crippen LogP contribution in [-0.4, -0.2) is 30.0 Å². The van der Waals surface area contributed by atoms with E-state index in [4.69, 9.17) is 15.2 Å². The van der Waals surface area contributed by atoms with Crippen molar-refractivity contribution in [2.75, 3.05) is 13.7 Å². The third kappa shape index (κ3) is 4.84. The van der Waals surface area contributed by atoms with E-state index in [0.717, 1.165) is 5.56 Å². The van der Waals surface area contributed by atoms with Gasteiger partial charge >= 0.3 is 6.03 Å². The van der Waals surface area contributed by atoms with Crippen LogP contribution in [0.5, 0.6) is 11.5 Å². The molecule has 25 heavy (non-hydrogen) atoms. The molecule has 134 valence electrons. The van der Waals surface area contributed by atoms with Crippen molar-refractivity contribution in [3.63, 3.8) is 0 Å². The molecule has 7 heteroatoms. The van der Waals surface area contributed by atoms with E-state index in [1.807, 2.05) is 0 Å². The average Bonchev–Trinajstić information content (AvgIpc) is 2.61. The van der Waals surface area contributed by atoms with Crippen molar-refractivity contribution >= 4 is 6.03 Å². The molecule has 0 aliphatic heterocycles. The number of urea groups is 1. The number of methoxy groups -OCH3 is 1. The van der Waals surface area contributed by atoms with Crippen molar-refractivity contribution in [3.8, 4) is 11.5 Å². The lowest BCUT2D eigenvalue weighted by Crippen LogP contribution is -2.34. The summed E-state index contributed by atoms with van der Waals surface area (Å²) in [6.45, 7) is 2.03. The fraction of sp³-hybridized carbons (Fsp3) is 0.278. The molecule has 2 aromatic carbocycles. The smallest absolute Gasteiger partial charge is 0.339 e. The van der Waals surface area contributed by atoms with Crippen LogP contribution in [0.25, 0.3) is 0 Å². The number of nitrogens with two attached hydrogens (primary N) is 1. The van der Waals surface area contributed by atoms with Gasteiger partial charge in [-0.05, 0) is 42.3 Å². The number of hydrogen-bond donors (Lipinski definition) is 2. The molecule has 0 aromatic heterocycles. The molecule has 6 nitrogen and oxygen atoms in total. The number of carbonyl (C=O) groups is 1. The second-order valence-electron chi connectivity index (χ2n) is 5.50. The lowest BCUT2D eigenvalue weighted by atomic mass is 10.1. The zero-order valence-electron chi connectivity index (χ0n) is 14.1. The van der Waals surface area contributed by atoms with Crippen molar-refractivity contribution in [1.29, 1.82) is 0 Å². The number of halogens is 1. The van der Waals surface area contributed by atoms with E-state index in [9.17, 15) is 14.4 Å². The summed E-state index contributed by atoms with van der Waals surface area (Å²) in [5.41, 5.74) is 6.55. The summed E-state index contributed by atoms with van der Waals surface area (Å²) in [5.74, 6) is 0.443. The highest BCUT2D eigenvalue weighted by molar-refractivity contribution is 5.71. The van der Waals surface area contributed by atoms with Crippen LogP contribution in [0, 0.1) is 5.82 Å². The molecule has 0 bridgehead atoms. The largest absolute Gasteiger partial charge is 0.494 e. The van der Waals surface area contributed by atoms with Crippen molar-refractivity contribution in [1.82, 2.24) is 5.06 Å². The maximum absolute atomic E-state index is 13.6. The van der Waals surface area contributed by atoms with Gasteiger partial charge in [0.25, 0.3) is 0 Å². The third-order valence-corrected chi connectivity index (χ3v) is 3.83. The highest BCUT2D eigenvalue weighted by Gasteiger charge is 2.16. The van der Waals surface area contributed by atoms with Crippen LogP contribution in [-0.2, 0) is 6.42 Å². The molecule has 0 aliphatic rings. The molecule has 2 rings (SSSR count). The van der Waals surface area contributed by atoms with Gasteiger partial charge in [-0.1, -0.05) is 18.2 Å². The molecule has 0 spiro atoms. The predicted molar refractivity (Wildman–Crippen MR) is 90.2 cm³/mol. The van der Waals surface area contributed by atoms with Crippen molar-refractivity contribution in [2.45, 2.75) is 19.4 Å². The molecule has 1 unspecified atom stereocenters. The Bertz CT molecular complexity index is 722. The van der Waals surface area contributed by atoms with E-state index in [2.05, 4.69) is 0 Å². The summed E-state index contributed by atoms with van der Waals surface area (Å²) in [6, 6.07) is 10.2. The lowest BCUT2D eigenvalue weighted by molar-refractivity contribution is -0.0710. The van der Waals surface area contributed by atoms with Gasteiger partial charge < -0.3 is 15.2 Å². The van der Waals surface area contributed by atoms with Gasteiger partial charge in [-0.25, -0.2) is 9.18 Å². The Morgan fingerprint density at radius 1 is 1.28 bits per heavy atom. The minimum atomic E-state index is -0.917. The second kappa shape index (κ2) is 8.34. The van der Waals surface area contributed by atoms with Gasteiger partial charge in [0.15, 0.2) is 11.6 Å². The summed E-state index contributed by atoms with van der Waals surface area (Å²) in [6.07, 6.45) is 0.547. The number of benzene rings is 2. The van der Waals surface area contributed by atoms with Crippen LogP contribution >= 0.6 is 0 Å². The molecule has 2 amide bonds. The maximum Gasteiger partial charge on any atom is 0.339 e. The van der Waals surface area contributed by atoms with Crippen molar-refractivity contribution in [3.05, 3.63) is 59.4 Å². The van der Waals surface area contributed by atoms with E-state index in [0.29, 0.717) is 29.4 Å². The number of hydrogen-bond acceptors (Lipinski definition) is 4. The van der Waals surface area contributed by atoms with Gasteiger partial charge in [0.2, 0.25) is 0 Å². The third-order valence-electron chi connectivity index (χ3n) is 3.83. The first-order valence-corrected chi connectivity index (χ1v) is 7.75. The Labute approximate surface area is 145 Å². The fourth-order valence-electron chi connectivity index (χ4n) is 2.33.